The molecule has 0 radical (unpaired) electrons. The molecule has 3 aliphatic carbocycles. The minimum Gasteiger partial charge on any atom is -0.491 e. The SMILES string of the molecule is CCCC1CCC(C2CCC(C3CCC(CC(=O)c4ccc(OCC)c(F)c4C)CC3)CC2)CC1. The summed E-state index contributed by atoms with van der Waals surface area (Å²) < 4.78 is 19.9. The maximum Gasteiger partial charge on any atom is 0.168 e. The molecule has 0 unspecified atom stereocenters. The molecule has 35 heavy (non-hydrogen) atoms. The van der Waals surface area contributed by atoms with Crippen LogP contribution in [0.3, 0.4) is 0 Å². The lowest BCUT2D eigenvalue weighted by Crippen LogP contribution is -2.30. The molecule has 0 aliphatic heterocycles. The van der Waals surface area contributed by atoms with Crippen molar-refractivity contribution in [1.29, 1.82) is 0 Å². The Kier molecular flexibility index (Phi) is 9.70. The summed E-state index contributed by atoms with van der Waals surface area (Å²) in [7, 11) is 0. The van der Waals surface area contributed by atoms with Crippen LogP contribution in [0.25, 0.3) is 0 Å². The smallest absolute Gasteiger partial charge is 0.168 e. The standard InChI is InChI=1S/C32H49FO2/c1-4-6-23-7-11-25(12-8-23)27-15-17-28(18-16-27)26-13-9-24(10-14-26)21-30(34)29-19-20-31(35-5-2)32(33)22(29)3/h19-20,23-28H,4-18,21H2,1-3H3. The van der Waals surface area contributed by atoms with E-state index in [1.807, 2.05) is 6.92 Å². The van der Waals surface area contributed by atoms with Crippen LogP contribution in [0.4, 0.5) is 4.39 Å². The van der Waals surface area contributed by atoms with E-state index in [9.17, 15) is 9.18 Å². The number of halogens is 1. The molecule has 0 N–H and O–H groups in total. The van der Waals surface area contributed by atoms with Gasteiger partial charge in [0.1, 0.15) is 0 Å². The third-order valence-corrected chi connectivity index (χ3v) is 10.1. The van der Waals surface area contributed by atoms with Crippen LogP contribution in [0.5, 0.6) is 5.75 Å². The summed E-state index contributed by atoms with van der Waals surface area (Å²) in [5.74, 6) is 5.25. The molecule has 0 bridgehead atoms. The number of ether oxygens (including phenoxy) is 1. The van der Waals surface area contributed by atoms with Crippen molar-refractivity contribution in [1.82, 2.24) is 0 Å². The third kappa shape index (κ3) is 6.69. The van der Waals surface area contributed by atoms with Crippen LogP contribution >= 0.6 is 0 Å². The zero-order valence-electron chi connectivity index (χ0n) is 22.6. The van der Waals surface area contributed by atoms with Gasteiger partial charge in [-0.05, 0) is 131 Å². The fourth-order valence-corrected chi connectivity index (χ4v) is 7.91. The Hall–Kier alpha value is -1.38. The van der Waals surface area contributed by atoms with Gasteiger partial charge in [0.15, 0.2) is 17.3 Å². The number of rotatable bonds is 9. The molecular formula is C32H49FO2. The highest BCUT2D eigenvalue weighted by Gasteiger charge is 2.35. The molecule has 3 saturated carbocycles. The number of Topliss-reactive ketones (excluding diaryl/α,β-unsaturated/α-hetero) is 1. The van der Waals surface area contributed by atoms with Crippen LogP contribution in [0.15, 0.2) is 12.1 Å². The van der Waals surface area contributed by atoms with Crippen LogP contribution in [0, 0.1) is 48.2 Å². The molecular weight excluding hydrogens is 435 g/mol. The van der Waals surface area contributed by atoms with E-state index in [0.717, 1.165) is 42.4 Å². The van der Waals surface area contributed by atoms with Crippen molar-refractivity contribution >= 4 is 5.78 Å². The predicted octanol–water partition coefficient (Wildman–Crippen LogP) is 9.32. The highest BCUT2D eigenvalue weighted by molar-refractivity contribution is 5.97. The third-order valence-electron chi connectivity index (χ3n) is 10.1. The number of ketones is 1. The van der Waals surface area contributed by atoms with E-state index in [1.165, 1.54) is 77.0 Å². The number of carbonyl (C=O) groups is 1. The molecule has 3 fully saturated rings. The minimum atomic E-state index is -0.383. The molecule has 3 aliphatic rings. The fourth-order valence-electron chi connectivity index (χ4n) is 7.91. The van der Waals surface area contributed by atoms with E-state index >= 15 is 0 Å². The Balaban J connectivity index is 1.19. The minimum absolute atomic E-state index is 0.0991. The van der Waals surface area contributed by atoms with Gasteiger partial charge in [0.05, 0.1) is 6.61 Å². The quantitative estimate of drug-likeness (QED) is 0.326. The van der Waals surface area contributed by atoms with Gasteiger partial charge in [-0.3, -0.25) is 4.79 Å². The van der Waals surface area contributed by atoms with Crippen LogP contribution in [-0.4, -0.2) is 12.4 Å². The molecule has 0 heterocycles. The first kappa shape index (κ1) is 26.7. The maximum atomic E-state index is 14.6. The largest absolute Gasteiger partial charge is 0.491 e. The Labute approximate surface area is 213 Å². The van der Waals surface area contributed by atoms with Gasteiger partial charge in [0.2, 0.25) is 0 Å². The lowest BCUT2D eigenvalue weighted by Gasteiger charge is -2.41. The maximum absolute atomic E-state index is 14.6. The molecule has 0 amide bonds. The molecule has 0 atom stereocenters. The number of benzene rings is 1. The fraction of sp³-hybridized carbons (Fsp3) is 0.781. The van der Waals surface area contributed by atoms with E-state index < -0.39 is 0 Å². The summed E-state index contributed by atoms with van der Waals surface area (Å²) in [5.41, 5.74) is 0.973. The van der Waals surface area contributed by atoms with E-state index in [4.69, 9.17) is 4.74 Å². The molecule has 3 heteroatoms. The second-order valence-corrected chi connectivity index (χ2v) is 12.1. The molecule has 0 spiro atoms. The zero-order valence-corrected chi connectivity index (χ0v) is 22.6. The molecule has 2 nitrogen and oxygen atoms in total. The van der Waals surface area contributed by atoms with Crippen molar-refractivity contribution in [2.75, 3.05) is 6.61 Å². The molecule has 1 aromatic carbocycles. The summed E-state index contributed by atoms with van der Waals surface area (Å²) >= 11 is 0. The monoisotopic (exact) mass is 484 g/mol. The highest BCUT2D eigenvalue weighted by Crippen LogP contribution is 2.46. The van der Waals surface area contributed by atoms with Gasteiger partial charge in [0, 0.05) is 12.0 Å². The van der Waals surface area contributed by atoms with Gasteiger partial charge in [-0.25, -0.2) is 4.39 Å². The van der Waals surface area contributed by atoms with Gasteiger partial charge >= 0.3 is 0 Å². The van der Waals surface area contributed by atoms with E-state index in [-0.39, 0.29) is 17.3 Å². The van der Waals surface area contributed by atoms with Gasteiger partial charge in [-0.1, -0.05) is 32.6 Å². The first-order chi connectivity index (χ1) is 17.0. The second kappa shape index (κ2) is 12.7. The van der Waals surface area contributed by atoms with Gasteiger partial charge in [-0.2, -0.15) is 0 Å². The van der Waals surface area contributed by atoms with E-state index in [2.05, 4.69) is 6.92 Å². The molecule has 196 valence electrons. The molecule has 0 aromatic heterocycles. The van der Waals surface area contributed by atoms with Crippen molar-refractivity contribution in [3.05, 3.63) is 29.1 Å². The Bertz CT molecular complexity index is 809. The predicted molar refractivity (Wildman–Crippen MR) is 143 cm³/mol. The van der Waals surface area contributed by atoms with E-state index in [1.54, 1.807) is 19.1 Å². The second-order valence-electron chi connectivity index (χ2n) is 12.1. The Morgan fingerprint density at radius 1 is 0.800 bits per heavy atom. The lowest BCUT2D eigenvalue weighted by atomic mass is 9.64. The topological polar surface area (TPSA) is 26.3 Å². The van der Waals surface area contributed by atoms with Crippen LogP contribution in [-0.2, 0) is 0 Å². The van der Waals surface area contributed by atoms with Crippen molar-refractivity contribution in [3.63, 3.8) is 0 Å². The van der Waals surface area contributed by atoms with E-state index in [0.29, 0.717) is 30.1 Å². The molecule has 0 saturated heterocycles. The van der Waals surface area contributed by atoms with Crippen molar-refractivity contribution in [3.8, 4) is 5.75 Å². The number of hydrogen-bond donors (Lipinski definition) is 0. The van der Waals surface area contributed by atoms with Gasteiger partial charge in [-0.15, -0.1) is 0 Å². The molecule has 4 rings (SSSR count). The Morgan fingerprint density at radius 2 is 1.29 bits per heavy atom. The van der Waals surface area contributed by atoms with Crippen molar-refractivity contribution in [2.24, 2.45) is 35.5 Å². The van der Waals surface area contributed by atoms with Crippen LogP contribution in [0.2, 0.25) is 0 Å². The summed E-state index contributed by atoms with van der Waals surface area (Å²) in [6.45, 7) is 6.31. The molecule has 1 aromatic rings. The first-order valence-corrected chi connectivity index (χ1v) is 14.9. The van der Waals surface area contributed by atoms with Gasteiger partial charge < -0.3 is 4.74 Å². The van der Waals surface area contributed by atoms with Crippen molar-refractivity contribution < 1.29 is 13.9 Å². The first-order valence-electron chi connectivity index (χ1n) is 14.9. The van der Waals surface area contributed by atoms with Crippen LogP contribution in [0.1, 0.15) is 126 Å². The summed E-state index contributed by atoms with van der Waals surface area (Å²) in [5, 5.41) is 0. The van der Waals surface area contributed by atoms with Crippen molar-refractivity contribution in [2.45, 2.75) is 117 Å². The Morgan fingerprint density at radius 3 is 1.77 bits per heavy atom. The summed E-state index contributed by atoms with van der Waals surface area (Å²) in [4.78, 5) is 13.0. The average Bonchev–Trinajstić information content (AvgIpc) is 2.88. The summed E-state index contributed by atoms with van der Waals surface area (Å²) in [6, 6.07) is 3.37. The summed E-state index contributed by atoms with van der Waals surface area (Å²) in [6.07, 6.45) is 20.1. The highest BCUT2D eigenvalue weighted by atomic mass is 19.1. The lowest BCUT2D eigenvalue weighted by molar-refractivity contribution is 0.0885. The average molecular weight is 485 g/mol. The zero-order chi connectivity index (χ0) is 24.8. The number of carbonyl (C=O) groups excluding carboxylic acids is 1. The normalized spacial score (nSPS) is 31.8. The number of hydrogen-bond acceptors (Lipinski definition) is 2. The van der Waals surface area contributed by atoms with Gasteiger partial charge in [0.25, 0.3) is 0 Å². The van der Waals surface area contributed by atoms with Crippen LogP contribution < -0.4 is 4.74 Å².